The number of benzene rings is 1. The topological polar surface area (TPSA) is 35.6 Å². The van der Waals surface area contributed by atoms with Gasteiger partial charge in [-0.25, -0.2) is 4.39 Å². The smallest absolute Gasteiger partial charge is 0.237 e. The lowest BCUT2D eigenvalue weighted by molar-refractivity contribution is -0.127. The SMILES string of the molecule is C[C@H](C(=O)NC(C)(C)C)N1CCN(c2ccc(F)cc2)CC1. The Morgan fingerprint density at radius 2 is 1.68 bits per heavy atom. The van der Waals surface area contributed by atoms with E-state index in [1.54, 1.807) is 12.1 Å². The van der Waals surface area contributed by atoms with Crippen LogP contribution >= 0.6 is 0 Å². The molecule has 1 atom stereocenters. The van der Waals surface area contributed by atoms with Crippen LogP contribution in [0.5, 0.6) is 0 Å². The zero-order valence-corrected chi connectivity index (χ0v) is 13.9. The van der Waals surface area contributed by atoms with E-state index in [1.807, 2.05) is 27.7 Å². The van der Waals surface area contributed by atoms with Gasteiger partial charge in [0.25, 0.3) is 0 Å². The fourth-order valence-electron chi connectivity index (χ4n) is 2.66. The molecule has 122 valence electrons. The highest BCUT2D eigenvalue weighted by Crippen LogP contribution is 2.18. The molecule has 0 saturated carbocycles. The Kier molecular flexibility index (Phi) is 5.06. The molecule has 4 nitrogen and oxygen atoms in total. The van der Waals surface area contributed by atoms with Crippen molar-refractivity contribution < 1.29 is 9.18 Å². The van der Waals surface area contributed by atoms with Crippen LogP contribution in [0.2, 0.25) is 0 Å². The van der Waals surface area contributed by atoms with Crippen molar-refractivity contribution in [2.75, 3.05) is 31.1 Å². The molecule has 5 heteroatoms. The largest absolute Gasteiger partial charge is 0.369 e. The number of amides is 1. The Morgan fingerprint density at radius 1 is 1.14 bits per heavy atom. The highest BCUT2D eigenvalue weighted by atomic mass is 19.1. The molecule has 1 heterocycles. The molecule has 0 aromatic heterocycles. The van der Waals surface area contributed by atoms with Crippen molar-refractivity contribution in [3.63, 3.8) is 0 Å². The van der Waals surface area contributed by atoms with Gasteiger partial charge in [0, 0.05) is 37.4 Å². The van der Waals surface area contributed by atoms with Crippen LogP contribution in [0.3, 0.4) is 0 Å². The van der Waals surface area contributed by atoms with E-state index in [-0.39, 0.29) is 23.3 Å². The average Bonchev–Trinajstić information content (AvgIpc) is 2.46. The van der Waals surface area contributed by atoms with Gasteiger partial charge in [-0.15, -0.1) is 0 Å². The first-order chi connectivity index (χ1) is 10.3. The zero-order valence-electron chi connectivity index (χ0n) is 13.9. The van der Waals surface area contributed by atoms with Crippen LogP contribution in [0.25, 0.3) is 0 Å². The minimum atomic E-state index is -0.213. The third kappa shape index (κ3) is 4.44. The molecule has 0 unspecified atom stereocenters. The van der Waals surface area contributed by atoms with Gasteiger partial charge in [0.15, 0.2) is 0 Å². The lowest BCUT2D eigenvalue weighted by Gasteiger charge is -2.39. The summed E-state index contributed by atoms with van der Waals surface area (Å²) in [5.74, 6) is -0.141. The van der Waals surface area contributed by atoms with Crippen molar-refractivity contribution in [1.82, 2.24) is 10.2 Å². The molecule has 0 aliphatic carbocycles. The zero-order chi connectivity index (χ0) is 16.3. The van der Waals surface area contributed by atoms with Crippen LogP contribution < -0.4 is 10.2 Å². The van der Waals surface area contributed by atoms with E-state index in [9.17, 15) is 9.18 Å². The Balaban J connectivity index is 1.88. The summed E-state index contributed by atoms with van der Waals surface area (Å²) in [4.78, 5) is 16.7. The van der Waals surface area contributed by atoms with Gasteiger partial charge in [-0.2, -0.15) is 0 Å². The summed E-state index contributed by atoms with van der Waals surface area (Å²) < 4.78 is 13.0. The predicted octanol–water partition coefficient (Wildman–Crippen LogP) is 2.25. The number of rotatable bonds is 3. The summed E-state index contributed by atoms with van der Waals surface area (Å²) in [6.45, 7) is 11.3. The van der Waals surface area contributed by atoms with E-state index in [4.69, 9.17) is 0 Å². The lowest BCUT2D eigenvalue weighted by Crippen LogP contribution is -2.56. The van der Waals surface area contributed by atoms with E-state index in [0.717, 1.165) is 31.9 Å². The standard InChI is InChI=1S/C17H26FN3O/c1-13(16(22)19-17(2,3)4)20-9-11-21(12-10-20)15-7-5-14(18)6-8-15/h5-8,13H,9-12H2,1-4H3,(H,19,22)/t13-/m1/s1. The fraction of sp³-hybridized carbons (Fsp3) is 0.588. The van der Waals surface area contributed by atoms with E-state index in [0.29, 0.717) is 0 Å². The van der Waals surface area contributed by atoms with E-state index >= 15 is 0 Å². The summed E-state index contributed by atoms with van der Waals surface area (Å²) in [6.07, 6.45) is 0. The highest BCUT2D eigenvalue weighted by Gasteiger charge is 2.27. The number of nitrogens with zero attached hydrogens (tertiary/aromatic N) is 2. The molecule has 1 amide bonds. The Morgan fingerprint density at radius 3 is 2.18 bits per heavy atom. The Hall–Kier alpha value is -1.62. The Bertz CT molecular complexity index is 502. The molecule has 1 saturated heterocycles. The number of halogens is 1. The van der Waals surface area contributed by atoms with Crippen LogP contribution in [0.1, 0.15) is 27.7 Å². The predicted molar refractivity (Wildman–Crippen MR) is 87.5 cm³/mol. The number of hydrogen-bond acceptors (Lipinski definition) is 3. The number of piperazine rings is 1. The fourth-order valence-corrected chi connectivity index (χ4v) is 2.66. The molecular weight excluding hydrogens is 281 g/mol. The number of carbonyl (C=O) groups excluding carboxylic acids is 1. The lowest BCUT2D eigenvalue weighted by atomic mass is 10.1. The second-order valence-corrected chi connectivity index (χ2v) is 6.91. The minimum absolute atomic E-state index is 0.0720. The van der Waals surface area contributed by atoms with Crippen molar-refractivity contribution >= 4 is 11.6 Å². The van der Waals surface area contributed by atoms with Gasteiger partial charge in [-0.05, 0) is 52.0 Å². The summed E-state index contributed by atoms with van der Waals surface area (Å²) in [6, 6.07) is 6.46. The molecule has 1 aliphatic rings. The van der Waals surface area contributed by atoms with Crippen LogP contribution in [-0.2, 0) is 4.79 Å². The molecular formula is C17H26FN3O. The van der Waals surface area contributed by atoms with Gasteiger partial charge in [0.2, 0.25) is 5.91 Å². The first-order valence-electron chi connectivity index (χ1n) is 7.83. The molecule has 1 aliphatic heterocycles. The van der Waals surface area contributed by atoms with Crippen molar-refractivity contribution in [2.45, 2.75) is 39.3 Å². The maximum absolute atomic E-state index is 13.0. The van der Waals surface area contributed by atoms with Gasteiger partial charge in [-0.1, -0.05) is 0 Å². The van der Waals surface area contributed by atoms with E-state index in [2.05, 4.69) is 15.1 Å². The molecule has 1 N–H and O–H groups in total. The normalized spacial score (nSPS) is 18.1. The van der Waals surface area contributed by atoms with Gasteiger partial charge >= 0.3 is 0 Å². The summed E-state index contributed by atoms with van der Waals surface area (Å²) in [7, 11) is 0. The second-order valence-electron chi connectivity index (χ2n) is 6.91. The van der Waals surface area contributed by atoms with Gasteiger partial charge in [0.1, 0.15) is 5.82 Å². The summed E-state index contributed by atoms with van der Waals surface area (Å²) in [5, 5.41) is 3.03. The van der Waals surface area contributed by atoms with Gasteiger partial charge in [0.05, 0.1) is 6.04 Å². The molecule has 0 radical (unpaired) electrons. The minimum Gasteiger partial charge on any atom is -0.369 e. The van der Waals surface area contributed by atoms with Crippen LogP contribution in [0.4, 0.5) is 10.1 Å². The van der Waals surface area contributed by atoms with Gasteiger partial charge in [-0.3, -0.25) is 9.69 Å². The van der Waals surface area contributed by atoms with Crippen molar-refractivity contribution in [2.24, 2.45) is 0 Å². The number of carbonyl (C=O) groups is 1. The maximum atomic E-state index is 13.0. The quantitative estimate of drug-likeness (QED) is 0.930. The van der Waals surface area contributed by atoms with Crippen LogP contribution in [0.15, 0.2) is 24.3 Å². The monoisotopic (exact) mass is 307 g/mol. The van der Waals surface area contributed by atoms with E-state index in [1.165, 1.54) is 12.1 Å². The Labute approximate surface area is 132 Å². The third-order valence-corrected chi connectivity index (χ3v) is 3.93. The molecule has 0 spiro atoms. The molecule has 1 aromatic rings. The number of nitrogens with one attached hydrogen (secondary N) is 1. The van der Waals surface area contributed by atoms with Gasteiger partial charge < -0.3 is 10.2 Å². The highest BCUT2D eigenvalue weighted by molar-refractivity contribution is 5.82. The number of anilines is 1. The maximum Gasteiger partial charge on any atom is 0.237 e. The van der Waals surface area contributed by atoms with Crippen LogP contribution in [0, 0.1) is 5.82 Å². The third-order valence-electron chi connectivity index (χ3n) is 3.93. The van der Waals surface area contributed by atoms with Crippen molar-refractivity contribution in [3.8, 4) is 0 Å². The summed E-state index contributed by atoms with van der Waals surface area (Å²) in [5.41, 5.74) is 0.828. The number of hydrogen-bond donors (Lipinski definition) is 1. The molecule has 1 fully saturated rings. The second kappa shape index (κ2) is 6.65. The molecule has 1 aromatic carbocycles. The molecule has 22 heavy (non-hydrogen) atoms. The van der Waals surface area contributed by atoms with Crippen LogP contribution in [-0.4, -0.2) is 48.6 Å². The summed E-state index contributed by atoms with van der Waals surface area (Å²) >= 11 is 0. The molecule has 2 rings (SSSR count). The van der Waals surface area contributed by atoms with E-state index < -0.39 is 0 Å². The van der Waals surface area contributed by atoms with Crippen molar-refractivity contribution in [1.29, 1.82) is 0 Å². The average molecular weight is 307 g/mol. The first-order valence-corrected chi connectivity index (χ1v) is 7.83. The molecule has 0 bridgehead atoms. The first kappa shape index (κ1) is 16.7. The van der Waals surface area contributed by atoms with Crippen molar-refractivity contribution in [3.05, 3.63) is 30.1 Å².